The summed E-state index contributed by atoms with van der Waals surface area (Å²) in [4.78, 5) is 29.3. The second kappa shape index (κ2) is 9.90. The molecule has 0 radical (unpaired) electrons. The van der Waals surface area contributed by atoms with Crippen LogP contribution in [0.25, 0.3) is 22.2 Å². The van der Waals surface area contributed by atoms with Gasteiger partial charge < -0.3 is 9.15 Å². The van der Waals surface area contributed by atoms with Crippen molar-refractivity contribution in [1.29, 1.82) is 0 Å². The van der Waals surface area contributed by atoms with Gasteiger partial charge in [-0.2, -0.15) is 0 Å². The lowest BCUT2D eigenvalue weighted by Crippen LogP contribution is -2.20. The number of aromatic nitrogens is 1. The van der Waals surface area contributed by atoms with Crippen molar-refractivity contribution in [3.05, 3.63) is 75.0 Å². The van der Waals surface area contributed by atoms with Crippen LogP contribution >= 0.6 is 11.3 Å². The Kier molecular flexibility index (Phi) is 6.32. The minimum absolute atomic E-state index is 0.161. The van der Waals surface area contributed by atoms with Gasteiger partial charge >= 0.3 is 5.63 Å². The van der Waals surface area contributed by atoms with Gasteiger partial charge in [-0.1, -0.05) is 43.5 Å². The van der Waals surface area contributed by atoms with Gasteiger partial charge in [0, 0.05) is 28.0 Å². The van der Waals surface area contributed by atoms with Gasteiger partial charge in [-0.3, -0.25) is 10.1 Å². The van der Waals surface area contributed by atoms with E-state index in [4.69, 9.17) is 9.15 Å². The molecule has 2 aliphatic rings. The number of aryl methyl sites for hydroxylation is 1. The van der Waals surface area contributed by atoms with E-state index >= 15 is 0 Å². The number of carbonyl (C=O) groups is 1. The van der Waals surface area contributed by atoms with E-state index in [0.29, 0.717) is 22.4 Å². The van der Waals surface area contributed by atoms with Crippen molar-refractivity contribution in [3.63, 3.8) is 0 Å². The molecule has 2 aliphatic carbocycles. The number of benzene rings is 2. The molecule has 1 saturated carbocycles. The number of amides is 1. The van der Waals surface area contributed by atoms with Gasteiger partial charge in [0.25, 0.3) is 5.91 Å². The van der Waals surface area contributed by atoms with Crippen LogP contribution in [0.4, 0.5) is 5.13 Å². The maximum atomic E-state index is 12.5. The van der Waals surface area contributed by atoms with Crippen LogP contribution in [0, 0.1) is 0 Å². The summed E-state index contributed by atoms with van der Waals surface area (Å²) in [6, 6.07) is 14.1. The molecule has 0 aliphatic heterocycles. The molecular weight excluding hydrogens is 472 g/mol. The van der Waals surface area contributed by atoms with Gasteiger partial charge in [0.05, 0.1) is 5.69 Å². The first-order valence-corrected chi connectivity index (χ1v) is 13.6. The molecule has 7 heteroatoms. The Hall–Kier alpha value is -3.45. The van der Waals surface area contributed by atoms with Crippen molar-refractivity contribution >= 4 is 33.3 Å². The van der Waals surface area contributed by atoms with E-state index in [-0.39, 0.29) is 18.1 Å². The summed E-state index contributed by atoms with van der Waals surface area (Å²) in [5, 5.41) is 6.25. The van der Waals surface area contributed by atoms with Crippen LogP contribution in [0.1, 0.15) is 61.1 Å². The predicted molar refractivity (Wildman–Crippen MR) is 142 cm³/mol. The van der Waals surface area contributed by atoms with Crippen LogP contribution in [-0.4, -0.2) is 17.5 Å². The van der Waals surface area contributed by atoms with Gasteiger partial charge in [-0.05, 0) is 61.3 Å². The van der Waals surface area contributed by atoms with E-state index in [1.165, 1.54) is 49.0 Å². The molecule has 184 valence electrons. The molecule has 36 heavy (non-hydrogen) atoms. The number of thiazole rings is 1. The number of hydrogen-bond donors (Lipinski definition) is 1. The standard InChI is InChI=1S/C29H28N2O4S/c32-27(16-34-21-13-14-23-22-7-4-8-24(22)28(33)35-26(23)15-21)31-29-30-25(17-36-29)20-11-9-19(10-12-20)18-5-2-1-3-6-18/h9-15,17-18H,1-8,16H2,(H,30,31,32). The Morgan fingerprint density at radius 1 is 1.03 bits per heavy atom. The van der Waals surface area contributed by atoms with E-state index < -0.39 is 0 Å². The Morgan fingerprint density at radius 2 is 1.83 bits per heavy atom. The lowest BCUT2D eigenvalue weighted by molar-refractivity contribution is -0.118. The smallest absolute Gasteiger partial charge is 0.339 e. The first-order chi connectivity index (χ1) is 17.6. The minimum atomic E-state index is -0.293. The van der Waals surface area contributed by atoms with Crippen molar-refractivity contribution in [3.8, 4) is 17.0 Å². The molecule has 0 atom stereocenters. The first-order valence-electron chi connectivity index (χ1n) is 12.7. The number of ether oxygens (including phenoxy) is 1. The lowest BCUT2D eigenvalue weighted by atomic mass is 9.84. The molecule has 0 spiro atoms. The van der Waals surface area contributed by atoms with Crippen molar-refractivity contribution in [2.45, 2.75) is 57.3 Å². The molecule has 6 nitrogen and oxygen atoms in total. The number of hydrogen-bond acceptors (Lipinski definition) is 6. The fraction of sp³-hybridized carbons (Fsp3) is 0.345. The Bertz CT molecular complexity index is 1470. The number of carbonyl (C=O) groups excluding carboxylic acids is 1. The molecule has 6 rings (SSSR count). The molecule has 0 bridgehead atoms. The molecule has 1 fully saturated rings. The van der Waals surface area contributed by atoms with E-state index in [1.807, 2.05) is 17.5 Å². The van der Waals surface area contributed by atoms with Crippen molar-refractivity contribution in [1.82, 2.24) is 4.98 Å². The van der Waals surface area contributed by atoms with Gasteiger partial charge in [0.2, 0.25) is 0 Å². The van der Waals surface area contributed by atoms with Crippen LogP contribution in [0.3, 0.4) is 0 Å². The van der Waals surface area contributed by atoms with Crippen molar-refractivity contribution < 1.29 is 13.9 Å². The summed E-state index contributed by atoms with van der Waals surface area (Å²) >= 11 is 1.39. The summed E-state index contributed by atoms with van der Waals surface area (Å²) < 4.78 is 11.2. The fourth-order valence-electron chi connectivity index (χ4n) is 5.48. The van der Waals surface area contributed by atoms with Gasteiger partial charge in [0.1, 0.15) is 11.3 Å². The molecule has 1 N–H and O–H groups in total. The molecule has 0 unspecified atom stereocenters. The van der Waals surface area contributed by atoms with E-state index in [9.17, 15) is 9.59 Å². The predicted octanol–water partition coefficient (Wildman–Crippen LogP) is 6.47. The number of nitrogens with zero attached hydrogens (tertiary/aromatic N) is 1. The average molecular weight is 501 g/mol. The van der Waals surface area contributed by atoms with Crippen molar-refractivity contribution in [2.24, 2.45) is 0 Å². The zero-order valence-electron chi connectivity index (χ0n) is 20.0. The second-order valence-electron chi connectivity index (χ2n) is 9.69. The third-order valence-electron chi connectivity index (χ3n) is 7.35. The van der Waals surface area contributed by atoms with Crippen molar-refractivity contribution in [2.75, 3.05) is 11.9 Å². The Morgan fingerprint density at radius 3 is 2.67 bits per heavy atom. The van der Waals surface area contributed by atoms with E-state index in [1.54, 1.807) is 6.07 Å². The molecule has 4 aromatic rings. The van der Waals surface area contributed by atoms with Gasteiger partial charge in [-0.25, -0.2) is 9.78 Å². The minimum Gasteiger partial charge on any atom is -0.484 e. The molecule has 2 aromatic carbocycles. The highest BCUT2D eigenvalue weighted by Crippen LogP contribution is 2.34. The summed E-state index contributed by atoms with van der Waals surface area (Å²) in [7, 11) is 0. The summed E-state index contributed by atoms with van der Waals surface area (Å²) in [6.07, 6.45) is 9.20. The fourth-order valence-corrected chi connectivity index (χ4v) is 6.22. The zero-order valence-corrected chi connectivity index (χ0v) is 20.9. The van der Waals surface area contributed by atoms with Crippen LogP contribution in [0.2, 0.25) is 0 Å². The SMILES string of the molecule is O=C(COc1ccc2c3c(c(=O)oc2c1)CCC3)Nc1nc(-c2ccc(C3CCCCC3)cc2)cs1. The molecule has 1 amide bonds. The normalized spacial score (nSPS) is 15.7. The first kappa shape index (κ1) is 23.0. The van der Waals surface area contributed by atoms with Crippen LogP contribution in [-0.2, 0) is 17.6 Å². The second-order valence-corrected chi connectivity index (χ2v) is 10.5. The number of fused-ring (bicyclic) bond motifs is 3. The zero-order chi connectivity index (χ0) is 24.5. The highest BCUT2D eigenvalue weighted by molar-refractivity contribution is 7.14. The quantitative estimate of drug-likeness (QED) is 0.307. The lowest BCUT2D eigenvalue weighted by Gasteiger charge is -2.22. The maximum absolute atomic E-state index is 12.5. The molecule has 0 saturated heterocycles. The largest absolute Gasteiger partial charge is 0.484 e. The topological polar surface area (TPSA) is 81.4 Å². The van der Waals surface area contributed by atoms with E-state index in [2.05, 4.69) is 34.6 Å². The third kappa shape index (κ3) is 4.67. The molecular formula is C29H28N2O4S. The highest BCUT2D eigenvalue weighted by Gasteiger charge is 2.20. The Labute approximate surface area is 213 Å². The van der Waals surface area contributed by atoms with Gasteiger partial charge in [0.15, 0.2) is 11.7 Å². The Balaban J connectivity index is 1.07. The number of anilines is 1. The third-order valence-corrected chi connectivity index (χ3v) is 8.11. The summed E-state index contributed by atoms with van der Waals surface area (Å²) in [6.45, 7) is -0.161. The summed E-state index contributed by atoms with van der Waals surface area (Å²) in [5.41, 5.74) is 5.41. The van der Waals surface area contributed by atoms with Crippen LogP contribution in [0.15, 0.2) is 57.1 Å². The monoisotopic (exact) mass is 500 g/mol. The average Bonchev–Trinajstić information content (AvgIpc) is 3.59. The van der Waals surface area contributed by atoms with Gasteiger partial charge in [-0.15, -0.1) is 11.3 Å². The maximum Gasteiger partial charge on any atom is 0.339 e. The van der Waals surface area contributed by atoms with Crippen LogP contribution in [0.5, 0.6) is 5.75 Å². The molecule has 2 heterocycles. The highest BCUT2D eigenvalue weighted by atomic mass is 32.1. The number of nitrogens with one attached hydrogen (secondary N) is 1. The molecule has 2 aromatic heterocycles. The number of rotatable bonds is 6. The van der Waals surface area contributed by atoms with Crippen LogP contribution < -0.4 is 15.7 Å². The summed E-state index contributed by atoms with van der Waals surface area (Å²) in [5.74, 6) is 0.869. The van der Waals surface area contributed by atoms with E-state index in [0.717, 1.165) is 47.0 Å².